The molecule has 0 fully saturated rings. The Balaban J connectivity index is 1.88. The van der Waals surface area contributed by atoms with Crippen molar-refractivity contribution in [1.82, 2.24) is 20.3 Å². The monoisotopic (exact) mass is 413 g/mol. The minimum Gasteiger partial charge on any atom is -0.491 e. The first-order chi connectivity index (χ1) is 14.1. The van der Waals surface area contributed by atoms with Gasteiger partial charge in [0.2, 0.25) is 5.91 Å². The molecule has 1 amide bonds. The van der Waals surface area contributed by atoms with Gasteiger partial charge in [-0.15, -0.1) is 0 Å². The zero-order valence-electron chi connectivity index (χ0n) is 18.4. The first-order valence-corrected chi connectivity index (χ1v) is 10.3. The molecule has 30 heavy (non-hydrogen) atoms. The summed E-state index contributed by atoms with van der Waals surface area (Å²) >= 11 is 0. The largest absolute Gasteiger partial charge is 0.491 e. The highest BCUT2D eigenvalue weighted by atomic mass is 16.5. The Morgan fingerprint density at radius 3 is 2.80 bits per heavy atom. The molecule has 2 aromatic rings. The quantitative estimate of drug-likeness (QED) is 0.717. The van der Waals surface area contributed by atoms with Crippen molar-refractivity contribution < 1.29 is 14.6 Å². The van der Waals surface area contributed by atoms with Gasteiger partial charge in [-0.2, -0.15) is 0 Å². The zero-order chi connectivity index (χ0) is 21.9. The van der Waals surface area contributed by atoms with Gasteiger partial charge in [0.25, 0.3) is 0 Å². The molecule has 0 aliphatic heterocycles. The highest BCUT2D eigenvalue weighted by Gasteiger charge is 2.24. The maximum Gasteiger partial charge on any atom is 0.239 e. The van der Waals surface area contributed by atoms with Gasteiger partial charge in [0.15, 0.2) is 5.82 Å². The van der Waals surface area contributed by atoms with Crippen LogP contribution in [-0.2, 0) is 17.6 Å². The van der Waals surface area contributed by atoms with Crippen LogP contribution in [0.15, 0.2) is 18.3 Å². The highest BCUT2D eigenvalue weighted by Crippen LogP contribution is 2.31. The number of hydrogen-bond acceptors (Lipinski definition) is 7. The number of fused-ring (bicyclic) bond motifs is 1. The number of anilines is 1. The van der Waals surface area contributed by atoms with E-state index in [1.54, 1.807) is 25.3 Å². The fraction of sp³-hybridized carbons (Fsp3) is 0.545. The van der Waals surface area contributed by atoms with Gasteiger partial charge in [-0.3, -0.25) is 9.78 Å². The Labute approximate surface area is 177 Å². The fourth-order valence-electron chi connectivity index (χ4n) is 3.43. The number of nitrogens with one attached hydrogen (secondary N) is 1. The normalized spacial score (nSPS) is 14.2. The van der Waals surface area contributed by atoms with Gasteiger partial charge in [0.1, 0.15) is 23.9 Å². The number of aryl methyl sites for hydroxylation is 1. The third kappa shape index (κ3) is 5.66. The molecule has 1 atom stereocenters. The molecule has 0 saturated carbocycles. The topological polar surface area (TPSA) is 100 Å². The van der Waals surface area contributed by atoms with E-state index in [0.717, 1.165) is 36.3 Å². The average molecular weight is 414 g/mol. The van der Waals surface area contributed by atoms with Gasteiger partial charge in [-0.05, 0) is 53.0 Å². The molecular formula is C22H31N5O3. The molecule has 2 aromatic heterocycles. The number of rotatable bonds is 7. The van der Waals surface area contributed by atoms with Crippen molar-refractivity contribution in [3.63, 3.8) is 0 Å². The van der Waals surface area contributed by atoms with Gasteiger partial charge < -0.3 is 20.1 Å². The van der Waals surface area contributed by atoms with Crippen molar-refractivity contribution in [3.8, 4) is 17.3 Å². The first kappa shape index (κ1) is 22.0. The van der Waals surface area contributed by atoms with E-state index < -0.39 is 6.10 Å². The predicted molar refractivity (Wildman–Crippen MR) is 116 cm³/mol. The number of carbonyl (C=O) groups excluding carboxylic acids is 1. The van der Waals surface area contributed by atoms with Crippen LogP contribution < -0.4 is 15.0 Å². The Morgan fingerprint density at radius 2 is 2.10 bits per heavy atom. The smallest absolute Gasteiger partial charge is 0.239 e. The molecule has 1 unspecified atom stereocenters. The number of carbonyl (C=O) groups is 1. The van der Waals surface area contributed by atoms with E-state index in [0.29, 0.717) is 17.3 Å². The van der Waals surface area contributed by atoms with Crippen LogP contribution in [0.3, 0.4) is 0 Å². The maximum atomic E-state index is 12.4. The standard InChI is InChI=1S/C22H31N5O3/c1-14(28)13-30-15-9-10-23-18(11-15)20-24-17-8-6-7-16(17)21(25-20)27(5)12-19(29)26-22(2,3)4/h9-11,14,28H,6-8,12-13H2,1-5H3,(H,26,29). The molecule has 0 spiro atoms. The summed E-state index contributed by atoms with van der Waals surface area (Å²) in [6.45, 7) is 7.97. The number of likely N-dealkylation sites (N-methyl/N-ethyl adjacent to an activating group) is 1. The van der Waals surface area contributed by atoms with E-state index in [1.165, 1.54) is 0 Å². The van der Waals surface area contributed by atoms with Crippen molar-refractivity contribution in [2.75, 3.05) is 25.1 Å². The number of ether oxygens (including phenoxy) is 1. The molecule has 0 bridgehead atoms. The zero-order valence-corrected chi connectivity index (χ0v) is 18.4. The van der Waals surface area contributed by atoms with Crippen LogP contribution in [0.5, 0.6) is 5.75 Å². The number of amides is 1. The van der Waals surface area contributed by atoms with Crippen LogP contribution in [0.25, 0.3) is 11.5 Å². The van der Waals surface area contributed by atoms with Gasteiger partial charge in [-0.1, -0.05) is 0 Å². The van der Waals surface area contributed by atoms with Crippen LogP contribution in [0.1, 0.15) is 45.4 Å². The number of nitrogens with zero attached hydrogens (tertiary/aromatic N) is 4. The number of aliphatic hydroxyl groups excluding tert-OH is 1. The number of aliphatic hydroxyl groups is 1. The average Bonchev–Trinajstić information content (AvgIpc) is 3.12. The first-order valence-electron chi connectivity index (χ1n) is 10.3. The summed E-state index contributed by atoms with van der Waals surface area (Å²) in [6.07, 6.45) is 3.90. The molecular weight excluding hydrogens is 382 g/mol. The molecule has 8 heteroatoms. The Hall–Kier alpha value is -2.74. The fourth-order valence-corrected chi connectivity index (χ4v) is 3.43. The molecule has 8 nitrogen and oxygen atoms in total. The third-order valence-corrected chi connectivity index (χ3v) is 4.62. The summed E-state index contributed by atoms with van der Waals surface area (Å²) in [7, 11) is 1.88. The number of hydrogen-bond donors (Lipinski definition) is 2. The maximum absolute atomic E-state index is 12.4. The Morgan fingerprint density at radius 1 is 1.33 bits per heavy atom. The number of aromatic nitrogens is 3. The van der Waals surface area contributed by atoms with Crippen LogP contribution in [0.2, 0.25) is 0 Å². The summed E-state index contributed by atoms with van der Waals surface area (Å²) in [5.74, 6) is 1.83. The van der Waals surface area contributed by atoms with Crippen LogP contribution in [0, 0.1) is 0 Å². The molecule has 0 radical (unpaired) electrons. The minimum atomic E-state index is -0.558. The van der Waals surface area contributed by atoms with E-state index in [-0.39, 0.29) is 24.6 Å². The molecule has 1 aliphatic rings. The number of pyridine rings is 1. The molecule has 2 N–H and O–H groups in total. The lowest BCUT2D eigenvalue weighted by Gasteiger charge is -2.25. The van der Waals surface area contributed by atoms with Crippen molar-refractivity contribution in [1.29, 1.82) is 0 Å². The highest BCUT2D eigenvalue weighted by molar-refractivity contribution is 5.82. The van der Waals surface area contributed by atoms with Crippen LogP contribution in [0.4, 0.5) is 5.82 Å². The second-order valence-corrected chi connectivity index (χ2v) is 8.84. The molecule has 0 saturated heterocycles. The summed E-state index contributed by atoms with van der Waals surface area (Å²) in [6, 6.07) is 3.51. The predicted octanol–water partition coefficient (Wildman–Crippen LogP) is 2.14. The second kappa shape index (κ2) is 8.95. The summed E-state index contributed by atoms with van der Waals surface area (Å²) in [5.41, 5.74) is 2.43. The van der Waals surface area contributed by atoms with Crippen molar-refractivity contribution in [2.24, 2.45) is 0 Å². The van der Waals surface area contributed by atoms with Crippen LogP contribution >= 0.6 is 0 Å². The minimum absolute atomic E-state index is 0.0523. The SMILES string of the molecule is CC(O)COc1ccnc(-c2nc3c(c(N(C)CC(=O)NC(C)(C)C)n2)CCC3)c1. The third-order valence-electron chi connectivity index (χ3n) is 4.62. The Kier molecular flexibility index (Phi) is 6.55. The van der Waals surface area contributed by atoms with E-state index in [4.69, 9.17) is 14.7 Å². The lowest BCUT2D eigenvalue weighted by molar-refractivity contribution is -0.121. The van der Waals surface area contributed by atoms with Crippen molar-refractivity contribution in [3.05, 3.63) is 29.6 Å². The van der Waals surface area contributed by atoms with E-state index in [2.05, 4.69) is 10.3 Å². The molecule has 1 aliphatic carbocycles. The van der Waals surface area contributed by atoms with Crippen molar-refractivity contribution in [2.45, 2.75) is 58.6 Å². The molecule has 2 heterocycles. The van der Waals surface area contributed by atoms with Gasteiger partial charge >= 0.3 is 0 Å². The molecule has 3 rings (SSSR count). The van der Waals surface area contributed by atoms with E-state index in [9.17, 15) is 9.90 Å². The van der Waals surface area contributed by atoms with E-state index >= 15 is 0 Å². The summed E-state index contributed by atoms with van der Waals surface area (Å²) < 4.78 is 5.59. The lowest BCUT2D eigenvalue weighted by atomic mass is 10.1. The van der Waals surface area contributed by atoms with E-state index in [1.807, 2.05) is 32.7 Å². The summed E-state index contributed by atoms with van der Waals surface area (Å²) in [5, 5.41) is 12.4. The lowest BCUT2D eigenvalue weighted by Crippen LogP contribution is -2.45. The van der Waals surface area contributed by atoms with Crippen LogP contribution in [-0.4, -0.2) is 57.8 Å². The van der Waals surface area contributed by atoms with Gasteiger partial charge in [0, 0.05) is 36.1 Å². The molecule has 0 aromatic carbocycles. The van der Waals surface area contributed by atoms with Gasteiger partial charge in [0.05, 0.1) is 12.6 Å². The second-order valence-electron chi connectivity index (χ2n) is 8.84. The van der Waals surface area contributed by atoms with Crippen molar-refractivity contribution >= 4 is 11.7 Å². The summed E-state index contributed by atoms with van der Waals surface area (Å²) in [4.78, 5) is 28.2. The van der Waals surface area contributed by atoms with Gasteiger partial charge in [-0.25, -0.2) is 9.97 Å². The Bertz CT molecular complexity index is 908. The molecule has 162 valence electrons.